The Kier molecular flexibility index (Phi) is 1.93. The van der Waals surface area contributed by atoms with Crippen LogP contribution < -0.4 is 0 Å². The molecule has 15 heavy (non-hydrogen) atoms. The molecule has 0 saturated carbocycles. The van der Waals surface area contributed by atoms with Crippen molar-refractivity contribution in [3.8, 4) is 0 Å². The van der Waals surface area contributed by atoms with Gasteiger partial charge < -0.3 is 0 Å². The summed E-state index contributed by atoms with van der Waals surface area (Å²) in [7, 11) is 0. The van der Waals surface area contributed by atoms with Crippen LogP contribution in [-0.2, 0) is 5.41 Å². The normalized spacial score (nSPS) is 28.5. The lowest BCUT2D eigenvalue weighted by Crippen LogP contribution is -2.42. The molecule has 1 heteroatoms. The Morgan fingerprint density at radius 2 is 2.07 bits per heavy atom. The summed E-state index contributed by atoms with van der Waals surface area (Å²) in [6.45, 7) is 7.28. The highest BCUT2D eigenvalue weighted by molar-refractivity contribution is 5.39. The third kappa shape index (κ3) is 1.33. The summed E-state index contributed by atoms with van der Waals surface area (Å²) in [4.78, 5) is 2.67. The maximum Gasteiger partial charge on any atom is 0.0351 e. The fourth-order valence-corrected chi connectivity index (χ4v) is 3.36. The van der Waals surface area contributed by atoms with Crippen molar-refractivity contribution in [3.05, 3.63) is 35.4 Å². The first-order valence-corrected chi connectivity index (χ1v) is 6.02. The maximum absolute atomic E-state index is 2.67. The Morgan fingerprint density at radius 1 is 1.27 bits per heavy atom. The summed E-state index contributed by atoms with van der Waals surface area (Å²) in [5.41, 5.74) is 3.50. The summed E-state index contributed by atoms with van der Waals surface area (Å²) in [6.07, 6.45) is 2.72. The number of benzene rings is 1. The zero-order chi connectivity index (χ0) is 10.5. The van der Waals surface area contributed by atoms with Crippen molar-refractivity contribution in [1.82, 2.24) is 4.90 Å². The summed E-state index contributed by atoms with van der Waals surface area (Å²) in [5, 5.41) is 0. The summed E-state index contributed by atoms with van der Waals surface area (Å²) in [6, 6.07) is 9.75. The standard InChI is InChI=1S/C14H19N/c1-14(2)10-15-9-5-8-13(15)11-6-3-4-7-12(11)14/h3-4,6-7,13H,5,8-10H2,1-2H3. The number of nitrogens with zero attached hydrogens (tertiary/aromatic N) is 1. The second-order valence-electron chi connectivity index (χ2n) is 5.60. The summed E-state index contributed by atoms with van der Waals surface area (Å²) in [5.74, 6) is 0. The Balaban J connectivity index is 2.14. The molecule has 1 saturated heterocycles. The lowest BCUT2D eigenvalue weighted by Gasteiger charge is -2.42. The molecule has 0 N–H and O–H groups in total. The van der Waals surface area contributed by atoms with E-state index in [0.717, 1.165) is 0 Å². The Bertz CT molecular complexity index is 381. The van der Waals surface area contributed by atoms with Crippen molar-refractivity contribution >= 4 is 0 Å². The van der Waals surface area contributed by atoms with Gasteiger partial charge in [-0.3, -0.25) is 4.90 Å². The van der Waals surface area contributed by atoms with E-state index in [-0.39, 0.29) is 0 Å². The topological polar surface area (TPSA) is 3.24 Å². The number of hydrogen-bond donors (Lipinski definition) is 0. The van der Waals surface area contributed by atoms with Gasteiger partial charge in [-0.2, -0.15) is 0 Å². The van der Waals surface area contributed by atoms with Crippen LogP contribution in [0.15, 0.2) is 24.3 Å². The van der Waals surface area contributed by atoms with Crippen LogP contribution in [0.3, 0.4) is 0 Å². The van der Waals surface area contributed by atoms with Crippen molar-refractivity contribution in [2.75, 3.05) is 13.1 Å². The molecule has 0 spiro atoms. The van der Waals surface area contributed by atoms with Crippen molar-refractivity contribution in [1.29, 1.82) is 0 Å². The number of rotatable bonds is 0. The van der Waals surface area contributed by atoms with Gasteiger partial charge in [-0.25, -0.2) is 0 Å². The van der Waals surface area contributed by atoms with Crippen LogP contribution in [0.25, 0.3) is 0 Å². The van der Waals surface area contributed by atoms with Crippen molar-refractivity contribution in [3.63, 3.8) is 0 Å². The third-order valence-corrected chi connectivity index (χ3v) is 4.01. The van der Waals surface area contributed by atoms with Gasteiger partial charge in [0.15, 0.2) is 0 Å². The van der Waals surface area contributed by atoms with Crippen molar-refractivity contribution in [2.45, 2.75) is 38.1 Å². The van der Waals surface area contributed by atoms with Crippen molar-refractivity contribution in [2.24, 2.45) is 0 Å². The molecule has 0 aliphatic carbocycles. The minimum Gasteiger partial charge on any atom is -0.295 e. The minimum absolute atomic E-state index is 0.331. The van der Waals surface area contributed by atoms with Gasteiger partial charge in [-0.05, 0) is 30.5 Å². The zero-order valence-corrected chi connectivity index (χ0v) is 9.66. The van der Waals surface area contributed by atoms with Crippen LogP contribution in [0.5, 0.6) is 0 Å². The molecule has 2 heterocycles. The van der Waals surface area contributed by atoms with Gasteiger partial charge in [0.05, 0.1) is 0 Å². The fraction of sp³-hybridized carbons (Fsp3) is 0.571. The van der Waals surface area contributed by atoms with Gasteiger partial charge in [-0.15, -0.1) is 0 Å². The van der Waals surface area contributed by atoms with Crippen LogP contribution in [-0.4, -0.2) is 18.0 Å². The predicted molar refractivity (Wildman–Crippen MR) is 63.0 cm³/mol. The first-order valence-electron chi connectivity index (χ1n) is 6.02. The Labute approximate surface area is 92.1 Å². The Morgan fingerprint density at radius 3 is 2.93 bits per heavy atom. The smallest absolute Gasteiger partial charge is 0.0351 e. The summed E-state index contributed by atoms with van der Waals surface area (Å²) < 4.78 is 0. The zero-order valence-electron chi connectivity index (χ0n) is 9.66. The van der Waals surface area contributed by atoms with Gasteiger partial charge in [0.2, 0.25) is 0 Å². The highest BCUT2D eigenvalue weighted by Gasteiger charge is 2.39. The highest BCUT2D eigenvalue weighted by atomic mass is 15.2. The first-order chi connectivity index (χ1) is 7.18. The Hall–Kier alpha value is -0.820. The molecule has 1 aromatic rings. The molecule has 1 aromatic carbocycles. The molecule has 1 unspecified atom stereocenters. The molecule has 2 aliphatic heterocycles. The molecule has 2 aliphatic rings. The lowest BCUT2D eigenvalue weighted by molar-refractivity contribution is 0.184. The molecule has 0 aromatic heterocycles. The monoisotopic (exact) mass is 201 g/mol. The predicted octanol–water partition coefficient (Wildman–Crippen LogP) is 3.11. The van der Waals surface area contributed by atoms with Crippen LogP contribution in [0.4, 0.5) is 0 Å². The van der Waals surface area contributed by atoms with E-state index in [1.165, 1.54) is 25.9 Å². The van der Waals surface area contributed by atoms with Crippen LogP contribution >= 0.6 is 0 Å². The van der Waals surface area contributed by atoms with Gasteiger partial charge in [-0.1, -0.05) is 38.1 Å². The SMILES string of the molecule is CC1(C)CN2CCCC2c2ccccc21. The largest absolute Gasteiger partial charge is 0.295 e. The van der Waals surface area contributed by atoms with E-state index in [0.29, 0.717) is 11.5 Å². The molecule has 1 nitrogen and oxygen atoms in total. The highest BCUT2D eigenvalue weighted by Crippen LogP contribution is 2.43. The van der Waals surface area contributed by atoms with E-state index in [1.54, 1.807) is 11.1 Å². The van der Waals surface area contributed by atoms with E-state index in [4.69, 9.17) is 0 Å². The molecule has 1 atom stereocenters. The average Bonchev–Trinajstić information content (AvgIpc) is 2.65. The first kappa shape index (κ1) is 9.41. The van der Waals surface area contributed by atoms with E-state index < -0.39 is 0 Å². The van der Waals surface area contributed by atoms with E-state index in [2.05, 4.69) is 43.0 Å². The van der Waals surface area contributed by atoms with Crippen LogP contribution in [0.1, 0.15) is 43.9 Å². The average molecular weight is 201 g/mol. The van der Waals surface area contributed by atoms with Crippen molar-refractivity contribution < 1.29 is 0 Å². The van der Waals surface area contributed by atoms with Gasteiger partial charge in [0.25, 0.3) is 0 Å². The van der Waals surface area contributed by atoms with Crippen LogP contribution in [0.2, 0.25) is 0 Å². The molecule has 3 rings (SSSR count). The molecular weight excluding hydrogens is 182 g/mol. The summed E-state index contributed by atoms with van der Waals surface area (Å²) >= 11 is 0. The van der Waals surface area contributed by atoms with E-state index in [9.17, 15) is 0 Å². The molecule has 0 radical (unpaired) electrons. The van der Waals surface area contributed by atoms with E-state index in [1.807, 2.05) is 0 Å². The van der Waals surface area contributed by atoms with Crippen LogP contribution in [0, 0.1) is 0 Å². The molecule has 0 bridgehead atoms. The molecular formula is C14H19N. The fourth-order valence-electron chi connectivity index (χ4n) is 3.36. The second-order valence-corrected chi connectivity index (χ2v) is 5.60. The van der Waals surface area contributed by atoms with E-state index >= 15 is 0 Å². The second kappa shape index (κ2) is 3.08. The quantitative estimate of drug-likeness (QED) is 0.623. The maximum atomic E-state index is 2.67. The third-order valence-electron chi connectivity index (χ3n) is 4.01. The molecule has 0 amide bonds. The number of fused-ring (bicyclic) bond motifs is 3. The van der Waals surface area contributed by atoms with Gasteiger partial charge in [0.1, 0.15) is 0 Å². The van der Waals surface area contributed by atoms with Gasteiger partial charge >= 0.3 is 0 Å². The number of hydrogen-bond acceptors (Lipinski definition) is 1. The lowest BCUT2D eigenvalue weighted by atomic mass is 9.76. The van der Waals surface area contributed by atoms with Gasteiger partial charge in [0, 0.05) is 18.0 Å². The molecule has 1 fully saturated rings. The molecule has 80 valence electrons. The minimum atomic E-state index is 0.331.